The van der Waals surface area contributed by atoms with Gasteiger partial charge in [0, 0.05) is 12.6 Å². The molecule has 1 N–H and O–H groups in total. The molecule has 2 unspecified atom stereocenters. The van der Waals surface area contributed by atoms with Crippen molar-refractivity contribution in [3.05, 3.63) is 59.7 Å². The normalized spacial score (nSPS) is 13.0. The fraction of sp³-hybridized carbons (Fsp3) is 0.462. The Morgan fingerprint density at radius 2 is 1.74 bits per heavy atom. The Morgan fingerprint density at radius 1 is 1.06 bits per heavy atom. The molecule has 2 aromatic carbocycles. The number of nitrogens with one attached hydrogen (secondary N) is 1. The van der Waals surface area contributed by atoms with Crippen molar-refractivity contribution < 1.29 is 22.7 Å². The molecule has 2 aromatic rings. The van der Waals surface area contributed by atoms with Crippen molar-refractivity contribution in [2.24, 2.45) is 0 Å². The summed E-state index contributed by atoms with van der Waals surface area (Å²) in [6.07, 6.45) is 1.80. The lowest BCUT2D eigenvalue weighted by atomic mass is 10.1. The number of hydrogen-bond acceptors (Lipinski definition) is 5. The molecule has 8 nitrogen and oxygen atoms in total. The van der Waals surface area contributed by atoms with E-state index < -0.39 is 28.5 Å². The first-order valence-corrected chi connectivity index (χ1v) is 13.7. The van der Waals surface area contributed by atoms with Gasteiger partial charge in [0.05, 0.1) is 18.6 Å². The minimum absolute atomic E-state index is 0.0496. The van der Waals surface area contributed by atoms with Gasteiger partial charge in [0.2, 0.25) is 21.8 Å². The summed E-state index contributed by atoms with van der Waals surface area (Å²) in [6.45, 7) is 9.31. The number of hydrogen-bond donors (Lipinski definition) is 1. The molecule has 0 bridgehead atoms. The molecule has 0 fully saturated rings. The van der Waals surface area contributed by atoms with Crippen LogP contribution in [0.3, 0.4) is 0 Å². The van der Waals surface area contributed by atoms with Gasteiger partial charge in [-0.25, -0.2) is 8.42 Å². The van der Waals surface area contributed by atoms with E-state index in [1.807, 2.05) is 45.0 Å². The molecule has 2 amide bonds. The van der Waals surface area contributed by atoms with Crippen LogP contribution in [0.4, 0.5) is 5.69 Å². The fourth-order valence-corrected chi connectivity index (χ4v) is 4.44. The zero-order chi connectivity index (χ0) is 26.2. The maximum Gasteiger partial charge on any atom is 0.244 e. The Bertz CT molecular complexity index is 1120. The molecular weight excluding hydrogens is 466 g/mol. The first kappa shape index (κ1) is 28.2. The predicted molar refractivity (Wildman–Crippen MR) is 139 cm³/mol. The van der Waals surface area contributed by atoms with Gasteiger partial charge in [-0.2, -0.15) is 0 Å². The van der Waals surface area contributed by atoms with Gasteiger partial charge in [-0.15, -0.1) is 0 Å². The third kappa shape index (κ3) is 7.99. The summed E-state index contributed by atoms with van der Waals surface area (Å²) in [7, 11) is -3.83. The zero-order valence-corrected chi connectivity index (χ0v) is 22.3. The van der Waals surface area contributed by atoms with Crippen LogP contribution in [0, 0.1) is 6.92 Å². The van der Waals surface area contributed by atoms with Gasteiger partial charge in [0.15, 0.2) is 0 Å². The van der Waals surface area contributed by atoms with Crippen LogP contribution < -0.4 is 14.4 Å². The van der Waals surface area contributed by atoms with Crippen LogP contribution >= 0.6 is 0 Å². The second-order valence-electron chi connectivity index (χ2n) is 8.67. The van der Waals surface area contributed by atoms with Crippen molar-refractivity contribution in [3.8, 4) is 5.75 Å². The lowest BCUT2D eigenvalue weighted by Crippen LogP contribution is -2.52. The Morgan fingerprint density at radius 3 is 2.34 bits per heavy atom. The predicted octanol–water partition coefficient (Wildman–Crippen LogP) is 3.49. The molecule has 0 aliphatic carbocycles. The number of aryl methyl sites for hydroxylation is 1. The largest absolute Gasteiger partial charge is 0.492 e. The fourth-order valence-electron chi connectivity index (χ4n) is 3.59. The molecule has 2 rings (SSSR count). The Balaban J connectivity index is 2.43. The van der Waals surface area contributed by atoms with Gasteiger partial charge in [-0.3, -0.25) is 13.9 Å². The summed E-state index contributed by atoms with van der Waals surface area (Å²) in [5.41, 5.74) is 2.15. The number of sulfonamides is 1. The van der Waals surface area contributed by atoms with E-state index in [-0.39, 0.29) is 24.2 Å². The number of rotatable bonds is 12. The molecule has 9 heteroatoms. The zero-order valence-electron chi connectivity index (χ0n) is 21.4. The minimum Gasteiger partial charge on any atom is -0.492 e. The molecule has 2 atom stereocenters. The van der Waals surface area contributed by atoms with Gasteiger partial charge in [-0.05, 0) is 51.8 Å². The van der Waals surface area contributed by atoms with Crippen molar-refractivity contribution >= 4 is 27.5 Å². The molecule has 0 heterocycles. The van der Waals surface area contributed by atoms with E-state index in [0.717, 1.165) is 28.1 Å². The second kappa shape index (κ2) is 12.6. The first-order chi connectivity index (χ1) is 16.5. The number of ether oxygens (including phenoxy) is 1. The summed E-state index contributed by atoms with van der Waals surface area (Å²) in [4.78, 5) is 28.0. The standard InChI is InChI=1S/C26H37N3O5S/c1-7-20(4)27-26(31)21(5)28(17-22-13-11-12-19(3)16-22)25(30)18-29(35(6,32)33)23-14-9-10-15-24(23)34-8-2/h9-16,20-21H,7-8,17-18H2,1-6H3,(H,27,31). The van der Waals surface area contributed by atoms with Gasteiger partial charge < -0.3 is 15.0 Å². The van der Waals surface area contributed by atoms with Gasteiger partial charge in [0.1, 0.15) is 18.3 Å². The van der Waals surface area contributed by atoms with Crippen LogP contribution in [-0.2, 0) is 26.2 Å². The summed E-state index contributed by atoms with van der Waals surface area (Å²) in [5, 5.41) is 2.92. The smallest absolute Gasteiger partial charge is 0.244 e. The van der Waals surface area contributed by atoms with Crippen LogP contribution in [0.2, 0.25) is 0 Å². The Kier molecular flexibility index (Phi) is 10.1. The average Bonchev–Trinajstić information content (AvgIpc) is 2.80. The van der Waals surface area contributed by atoms with E-state index in [2.05, 4.69) is 5.32 Å². The third-order valence-electron chi connectivity index (χ3n) is 5.72. The molecule has 0 saturated heterocycles. The summed E-state index contributed by atoms with van der Waals surface area (Å²) in [5.74, 6) is -0.419. The number of amides is 2. The van der Waals surface area contributed by atoms with Crippen molar-refractivity contribution in [1.29, 1.82) is 0 Å². The SMILES string of the molecule is CCOc1ccccc1N(CC(=O)N(Cc1cccc(C)c1)C(C)C(=O)NC(C)CC)S(C)(=O)=O. The Hall–Kier alpha value is -3.07. The topological polar surface area (TPSA) is 96.0 Å². The van der Waals surface area contributed by atoms with Crippen LogP contribution in [-0.4, -0.2) is 56.6 Å². The molecule has 0 aliphatic heterocycles. The summed E-state index contributed by atoms with van der Waals surface area (Å²) < 4.78 is 32.2. The van der Waals surface area contributed by atoms with E-state index in [4.69, 9.17) is 4.74 Å². The molecule has 0 spiro atoms. The Labute approximate surface area is 209 Å². The van der Waals surface area contributed by atoms with Crippen LogP contribution in [0.15, 0.2) is 48.5 Å². The van der Waals surface area contributed by atoms with E-state index in [1.54, 1.807) is 38.1 Å². The maximum absolute atomic E-state index is 13.6. The lowest BCUT2D eigenvalue weighted by Gasteiger charge is -2.32. The van der Waals surface area contributed by atoms with Crippen LogP contribution in [0.25, 0.3) is 0 Å². The van der Waals surface area contributed by atoms with Crippen molar-refractivity contribution in [1.82, 2.24) is 10.2 Å². The highest BCUT2D eigenvalue weighted by molar-refractivity contribution is 7.92. The molecule has 35 heavy (non-hydrogen) atoms. The van der Waals surface area contributed by atoms with Crippen molar-refractivity contribution in [2.75, 3.05) is 23.7 Å². The van der Waals surface area contributed by atoms with E-state index >= 15 is 0 Å². The molecule has 0 radical (unpaired) electrons. The highest BCUT2D eigenvalue weighted by Crippen LogP contribution is 2.30. The van der Waals surface area contributed by atoms with Gasteiger partial charge in [0.25, 0.3) is 0 Å². The summed E-state index contributed by atoms with van der Waals surface area (Å²) in [6, 6.07) is 13.5. The number of carbonyl (C=O) groups excluding carboxylic acids is 2. The molecule has 0 saturated carbocycles. The number of para-hydroxylation sites is 2. The van der Waals surface area contributed by atoms with Crippen molar-refractivity contribution in [2.45, 2.75) is 59.7 Å². The molecule has 192 valence electrons. The third-order valence-corrected chi connectivity index (χ3v) is 6.84. The van der Waals surface area contributed by atoms with Gasteiger partial charge >= 0.3 is 0 Å². The van der Waals surface area contributed by atoms with Crippen LogP contribution in [0.1, 0.15) is 45.2 Å². The summed E-state index contributed by atoms with van der Waals surface area (Å²) >= 11 is 0. The molecule has 0 aromatic heterocycles. The average molecular weight is 504 g/mol. The number of anilines is 1. The first-order valence-electron chi connectivity index (χ1n) is 11.8. The monoisotopic (exact) mass is 503 g/mol. The highest BCUT2D eigenvalue weighted by Gasteiger charge is 2.31. The quantitative estimate of drug-likeness (QED) is 0.478. The van der Waals surface area contributed by atoms with Crippen molar-refractivity contribution in [3.63, 3.8) is 0 Å². The second-order valence-corrected chi connectivity index (χ2v) is 10.6. The van der Waals surface area contributed by atoms with Gasteiger partial charge in [-0.1, -0.05) is 48.9 Å². The lowest BCUT2D eigenvalue weighted by molar-refractivity contribution is -0.139. The molecular formula is C26H37N3O5S. The highest BCUT2D eigenvalue weighted by atomic mass is 32.2. The van der Waals surface area contributed by atoms with E-state index in [9.17, 15) is 18.0 Å². The maximum atomic E-state index is 13.6. The number of benzene rings is 2. The van der Waals surface area contributed by atoms with E-state index in [0.29, 0.717) is 12.4 Å². The van der Waals surface area contributed by atoms with E-state index in [1.165, 1.54) is 4.90 Å². The number of carbonyl (C=O) groups is 2. The number of nitrogens with zero attached hydrogens (tertiary/aromatic N) is 2. The molecule has 0 aliphatic rings. The van der Waals surface area contributed by atoms with Crippen LogP contribution in [0.5, 0.6) is 5.75 Å². The minimum atomic E-state index is -3.83.